The molecule has 3 nitrogen and oxygen atoms in total. The van der Waals surface area contributed by atoms with Gasteiger partial charge in [-0.3, -0.25) is 4.79 Å². The predicted octanol–water partition coefficient (Wildman–Crippen LogP) is 2.43. The highest BCUT2D eigenvalue weighted by atomic mass is 32.2. The summed E-state index contributed by atoms with van der Waals surface area (Å²) in [7, 11) is 0. The van der Waals surface area contributed by atoms with Crippen molar-refractivity contribution in [1.29, 1.82) is 0 Å². The minimum Gasteiger partial charge on any atom is -0.368 e. The second-order valence-electron chi connectivity index (χ2n) is 5.21. The van der Waals surface area contributed by atoms with Gasteiger partial charge < -0.3 is 11.5 Å². The molecule has 2 unspecified atom stereocenters. The van der Waals surface area contributed by atoms with Gasteiger partial charge in [0.15, 0.2) is 0 Å². The average Bonchev–Trinajstić information content (AvgIpc) is 2.77. The maximum Gasteiger partial charge on any atom is 0.237 e. The van der Waals surface area contributed by atoms with Crippen molar-refractivity contribution < 1.29 is 13.6 Å². The van der Waals surface area contributed by atoms with Crippen LogP contribution in [0.5, 0.6) is 0 Å². The van der Waals surface area contributed by atoms with Crippen LogP contribution in [0.25, 0.3) is 0 Å². The molecule has 1 aromatic rings. The fraction of sp³-hybridized carbons (Fsp3) is 0.500. The van der Waals surface area contributed by atoms with E-state index in [1.807, 2.05) is 0 Å². The van der Waals surface area contributed by atoms with Crippen LogP contribution >= 0.6 is 11.8 Å². The number of primary amides is 1. The van der Waals surface area contributed by atoms with Gasteiger partial charge in [0.1, 0.15) is 11.6 Å². The number of hydrogen-bond donors (Lipinski definition) is 2. The van der Waals surface area contributed by atoms with Gasteiger partial charge in [0.25, 0.3) is 0 Å². The minimum atomic E-state index is -0.943. The number of rotatable bonds is 5. The zero-order valence-electron chi connectivity index (χ0n) is 11.1. The summed E-state index contributed by atoms with van der Waals surface area (Å²) < 4.78 is 26.5. The monoisotopic (exact) mass is 300 g/mol. The van der Waals surface area contributed by atoms with Crippen LogP contribution in [0.4, 0.5) is 8.78 Å². The van der Waals surface area contributed by atoms with E-state index in [4.69, 9.17) is 11.5 Å². The Labute approximate surface area is 121 Å². The maximum atomic E-state index is 13.5. The van der Waals surface area contributed by atoms with Crippen LogP contribution < -0.4 is 11.5 Å². The lowest BCUT2D eigenvalue weighted by atomic mass is 9.85. The number of hydrogen-bond acceptors (Lipinski definition) is 3. The molecule has 1 aromatic carbocycles. The second kappa shape index (κ2) is 6.10. The summed E-state index contributed by atoms with van der Waals surface area (Å²) in [5, 5.41) is 0. The summed E-state index contributed by atoms with van der Waals surface area (Å²) in [4.78, 5) is 11.7. The van der Waals surface area contributed by atoms with E-state index in [1.165, 1.54) is 17.8 Å². The molecule has 0 aliphatic heterocycles. The SMILES string of the molecule is NC(=O)C1(N)CCCC1CCSc1cc(F)ccc1F. The van der Waals surface area contributed by atoms with Gasteiger partial charge in [0.2, 0.25) is 5.91 Å². The standard InChI is InChI=1S/C14H18F2N2OS/c15-10-3-4-11(16)12(8-10)20-7-5-9-2-1-6-14(9,18)13(17)19/h3-4,8-9H,1-2,5-7,18H2,(H2,17,19). The van der Waals surface area contributed by atoms with Crippen molar-refractivity contribution in [3.05, 3.63) is 29.8 Å². The molecule has 1 amide bonds. The molecule has 4 N–H and O–H groups in total. The van der Waals surface area contributed by atoms with Crippen molar-refractivity contribution in [2.24, 2.45) is 17.4 Å². The molecule has 1 aliphatic carbocycles. The van der Waals surface area contributed by atoms with Crippen LogP contribution in [0.2, 0.25) is 0 Å². The van der Waals surface area contributed by atoms with Crippen molar-refractivity contribution in [1.82, 2.24) is 0 Å². The molecule has 1 fully saturated rings. The van der Waals surface area contributed by atoms with Gasteiger partial charge in [0, 0.05) is 4.90 Å². The lowest BCUT2D eigenvalue weighted by molar-refractivity contribution is -0.124. The first kappa shape index (κ1) is 15.3. The molecule has 0 heterocycles. The first-order valence-corrected chi connectivity index (χ1v) is 7.58. The molecular weight excluding hydrogens is 282 g/mol. The fourth-order valence-electron chi connectivity index (χ4n) is 2.73. The Morgan fingerprint density at radius 3 is 2.90 bits per heavy atom. The Morgan fingerprint density at radius 1 is 1.45 bits per heavy atom. The van der Waals surface area contributed by atoms with Gasteiger partial charge in [-0.1, -0.05) is 6.42 Å². The third kappa shape index (κ3) is 3.12. The van der Waals surface area contributed by atoms with Crippen LogP contribution in [0.15, 0.2) is 23.1 Å². The van der Waals surface area contributed by atoms with E-state index in [-0.39, 0.29) is 10.8 Å². The molecule has 0 aromatic heterocycles. The molecular formula is C14H18F2N2OS. The molecule has 6 heteroatoms. The van der Waals surface area contributed by atoms with Crippen LogP contribution in [0.3, 0.4) is 0 Å². The van der Waals surface area contributed by atoms with Crippen molar-refractivity contribution in [3.63, 3.8) is 0 Å². The highest BCUT2D eigenvalue weighted by Crippen LogP contribution is 2.37. The van der Waals surface area contributed by atoms with E-state index >= 15 is 0 Å². The number of amides is 1. The summed E-state index contributed by atoms with van der Waals surface area (Å²) in [5.41, 5.74) is 10.5. The molecule has 1 saturated carbocycles. The Kier molecular flexibility index (Phi) is 4.65. The smallest absolute Gasteiger partial charge is 0.237 e. The van der Waals surface area contributed by atoms with Crippen LogP contribution in [0.1, 0.15) is 25.7 Å². The van der Waals surface area contributed by atoms with E-state index in [0.29, 0.717) is 18.6 Å². The minimum absolute atomic E-state index is 0.0177. The van der Waals surface area contributed by atoms with Crippen molar-refractivity contribution in [2.75, 3.05) is 5.75 Å². The van der Waals surface area contributed by atoms with Crippen LogP contribution in [0, 0.1) is 17.6 Å². The van der Waals surface area contributed by atoms with Gasteiger partial charge in [0.05, 0.1) is 5.54 Å². The topological polar surface area (TPSA) is 69.1 Å². The highest BCUT2D eigenvalue weighted by Gasteiger charge is 2.43. The third-order valence-electron chi connectivity index (χ3n) is 3.95. The summed E-state index contributed by atoms with van der Waals surface area (Å²) in [6.45, 7) is 0. The normalized spacial score (nSPS) is 25.9. The molecule has 1 aliphatic rings. The van der Waals surface area contributed by atoms with Gasteiger partial charge in [-0.25, -0.2) is 8.78 Å². The fourth-order valence-corrected chi connectivity index (χ4v) is 3.75. The lowest BCUT2D eigenvalue weighted by Crippen LogP contribution is -2.54. The quantitative estimate of drug-likeness (QED) is 0.821. The molecule has 2 rings (SSSR count). The maximum absolute atomic E-state index is 13.5. The second-order valence-corrected chi connectivity index (χ2v) is 6.34. The highest BCUT2D eigenvalue weighted by molar-refractivity contribution is 7.99. The Bertz CT molecular complexity index is 512. The number of nitrogens with two attached hydrogens (primary N) is 2. The van der Waals surface area contributed by atoms with E-state index in [2.05, 4.69) is 0 Å². The van der Waals surface area contributed by atoms with Crippen LogP contribution in [-0.2, 0) is 4.79 Å². The molecule has 2 atom stereocenters. The lowest BCUT2D eigenvalue weighted by Gasteiger charge is -2.27. The zero-order chi connectivity index (χ0) is 14.8. The molecule has 0 spiro atoms. The predicted molar refractivity (Wildman–Crippen MR) is 75.2 cm³/mol. The summed E-state index contributed by atoms with van der Waals surface area (Å²) in [6, 6.07) is 3.39. The van der Waals surface area contributed by atoms with Gasteiger partial charge in [-0.15, -0.1) is 11.8 Å². The van der Waals surface area contributed by atoms with E-state index in [0.717, 1.165) is 25.0 Å². The van der Waals surface area contributed by atoms with E-state index in [9.17, 15) is 13.6 Å². The molecule has 0 saturated heterocycles. The van der Waals surface area contributed by atoms with E-state index in [1.54, 1.807) is 0 Å². The van der Waals surface area contributed by atoms with Gasteiger partial charge in [-0.2, -0.15) is 0 Å². The van der Waals surface area contributed by atoms with Crippen LogP contribution in [-0.4, -0.2) is 17.2 Å². The van der Waals surface area contributed by atoms with Gasteiger partial charge in [-0.05, 0) is 49.1 Å². The number of carbonyl (C=O) groups is 1. The largest absolute Gasteiger partial charge is 0.368 e. The Morgan fingerprint density at radius 2 is 2.20 bits per heavy atom. The Balaban J connectivity index is 1.93. The summed E-state index contributed by atoms with van der Waals surface area (Å²) in [5.74, 6) is -0.764. The number of carbonyl (C=O) groups excluding carboxylic acids is 1. The molecule has 20 heavy (non-hydrogen) atoms. The summed E-state index contributed by atoms with van der Waals surface area (Å²) >= 11 is 1.24. The summed E-state index contributed by atoms with van der Waals surface area (Å²) in [6.07, 6.45) is 3.00. The molecule has 0 radical (unpaired) electrons. The zero-order valence-corrected chi connectivity index (χ0v) is 11.9. The first-order valence-electron chi connectivity index (χ1n) is 6.60. The molecule has 0 bridgehead atoms. The number of halogens is 2. The Hall–Kier alpha value is -1.14. The first-order chi connectivity index (χ1) is 9.43. The third-order valence-corrected chi connectivity index (χ3v) is 5.01. The van der Waals surface area contributed by atoms with Crippen molar-refractivity contribution in [3.8, 4) is 0 Å². The number of thioether (sulfide) groups is 1. The van der Waals surface area contributed by atoms with Gasteiger partial charge >= 0.3 is 0 Å². The van der Waals surface area contributed by atoms with E-state index < -0.39 is 23.1 Å². The average molecular weight is 300 g/mol. The van der Waals surface area contributed by atoms with Crippen molar-refractivity contribution in [2.45, 2.75) is 36.1 Å². The number of benzene rings is 1. The van der Waals surface area contributed by atoms with Crippen molar-refractivity contribution >= 4 is 17.7 Å². The molecule has 110 valence electrons.